The van der Waals surface area contributed by atoms with Crippen LogP contribution in [0.25, 0.3) is 10.8 Å². The molecule has 1 aliphatic carbocycles. The average molecular weight is 419 g/mol. The van der Waals surface area contributed by atoms with Crippen LogP contribution >= 0.6 is 0 Å². The number of anilines is 1. The first kappa shape index (κ1) is 20.7. The van der Waals surface area contributed by atoms with E-state index in [1.165, 1.54) is 4.90 Å². The van der Waals surface area contributed by atoms with Crippen molar-refractivity contribution in [2.45, 2.75) is 25.4 Å². The summed E-state index contributed by atoms with van der Waals surface area (Å²) in [4.78, 5) is 28.6. The maximum atomic E-state index is 13.3. The van der Waals surface area contributed by atoms with Gasteiger partial charge < -0.3 is 10.2 Å². The molecule has 2 amide bonds. The first-order valence-electron chi connectivity index (χ1n) is 10.2. The molecule has 2 aliphatic rings. The van der Waals surface area contributed by atoms with Gasteiger partial charge in [-0.25, -0.2) is 0 Å². The standard InChI is InChI=1S/C22H24F3N3O2/c23-22(24,25)14-27-8-3-9-28(11-10-27)21(30)18-12-16-4-1-2-5-17(16)13-19(18)26-20(29)15-6-7-15/h1-2,4-5,12-13,15H,3,6-11,14H2,(H,26,29). The fourth-order valence-electron chi connectivity index (χ4n) is 3.86. The number of halogens is 3. The van der Waals surface area contributed by atoms with Gasteiger partial charge >= 0.3 is 6.18 Å². The van der Waals surface area contributed by atoms with E-state index >= 15 is 0 Å². The van der Waals surface area contributed by atoms with E-state index < -0.39 is 12.7 Å². The minimum atomic E-state index is -4.25. The zero-order chi connectivity index (χ0) is 21.3. The van der Waals surface area contributed by atoms with Crippen molar-refractivity contribution in [3.05, 3.63) is 42.0 Å². The third-order valence-electron chi connectivity index (χ3n) is 5.60. The molecule has 4 rings (SSSR count). The van der Waals surface area contributed by atoms with E-state index in [2.05, 4.69) is 5.32 Å². The Morgan fingerprint density at radius 2 is 1.70 bits per heavy atom. The van der Waals surface area contributed by atoms with Crippen molar-refractivity contribution >= 4 is 28.3 Å². The van der Waals surface area contributed by atoms with Crippen molar-refractivity contribution in [1.29, 1.82) is 0 Å². The number of fused-ring (bicyclic) bond motifs is 1. The number of benzene rings is 2. The monoisotopic (exact) mass is 419 g/mol. The number of amides is 2. The van der Waals surface area contributed by atoms with Crippen LogP contribution in [0.1, 0.15) is 29.6 Å². The molecule has 160 valence electrons. The molecular weight excluding hydrogens is 395 g/mol. The number of rotatable bonds is 4. The fourth-order valence-corrected chi connectivity index (χ4v) is 3.86. The van der Waals surface area contributed by atoms with Crippen LogP contribution in [0.5, 0.6) is 0 Å². The topological polar surface area (TPSA) is 52.7 Å². The van der Waals surface area contributed by atoms with E-state index in [4.69, 9.17) is 0 Å². The van der Waals surface area contributed by atoms with Crippen molar-refractivity contribution in [1.82, 2.24) is 9.80 Å². The Morgan fingerprint density at radius 1 is 1.00 bits per heavy atom. The summed E-state index contributed by atoms with van der Waals surface area (Å²) in [7, 11) is 0. The van der Waals surface area contributed by atoms with Crippen LogP contribution in [0.2, 0.25) is 0 Å². The second kappa shape index (κ2) is 8.26. The molecule has 0 aromatic heterocycles. The highest BCUT2D eigenvalue weighted by Crippen LogP contribution is 2.32. The molecule has 8 heteroatoms. The third kappa shape index (κ3) is 4.92. The summed E-state index contributed by atoms with van der Waals surface area (Å²) in [6.45, 7) is 0.108. The molecule has 0 spiro atoms. The number of nitrogens with one attached hydrogen (secondary N) is 1. The van der Waals surface area contributed by atoms with Crippen LogP contribution < -0.4 is 5.32 Å². The molecule has 2 aromatic rings. The lowest BCUT2D eigenvalue weighted by Gasteiger charge is -2.24. The number of carbonyl (C=O) groups excluding carboxylic acids is 2. The summed E-state index contributed by atoms with van der Waals surface area (Å²) in [5.74, 6) is -0.360. The van der Waals surface area contributed by atoms with Gasteiger partial charge in [-0.2, -0.15) is 13.2 Å². The van der Waals surface area contributed by atoms with Crippen molar-refractivity contribution < 1.29 is 22.8 Å². The van der Waals surface area contributed by atoms with Crippen molar-refractivity contribution in [3.63, 3.8) is 0 Å². The maximum absolute atomic E-state index is 13.3. The Hall–Kier alpha value is -2.61. The lowest BCUT2D eigenvalue weighted by molar-refractivity contribution is -0.145. The minimum absolute atomic E-state index is 0.00599. The van der Waals surface area contributed by atoms with Crippen LogP contribution in [0, 0.1) is 5.92 Å². The molecule has 5 nitrogen and oxygen atoms in total. The zero-order valence-electron chi connectivity index (χ0n) is 16.5. The molecule has 2 fully saturated rings. The van der Waals surface area contributed by atoms with Crippen molar-refractivity contribution in [2.75, 3.05) is 38.0 Å². The second-order valence-electron chi connectivity index (χ2n) is 8.05. The first-order valence-corrected chi connectivity index (χ1v) is 10.2. The van der Waals surface area contributed by atoms with Crippen LogP contribution in [0.3, 0.4) is 0 Å². The number of hydrogen-bond donors (Lipinski definition) is 1. The predicted molar refractivity (Wildman–Crippen MR) is 108 cm³/mol. The zero-order valence-corrected chi connectivity index (χ0v) is 16.5. The van der Waals surface area contributed by atoms with Gasteiger partial charge in [-0.05, 0) is 42.2 Å². The van der Waals surface area contributed by atoms with E-state index in [0.29, 0.717) is 30.8 Å². The molecule has 0 unspecified atom stereocenters. The van der Waals surface area contributed by atoms with Crippen LogP contribution in [0.15, 0.2) is 36.4 Å². The Bertz CT molecular complexity index is 956. The van der Waals surface area contributed by atoms with Gasteiger partial charge in [0.2, 0.25) is 5.91 Å². The molecule has 0 bridgehead atoms. The SMILES string of the molecule is O=C(Nc1cc2ccccc2cc1C(=O)N1CCCN(CC(F)(F)F)CC1)C1CC1. The molecule has 1 N–H and O–H groups in total. The largest absolute Gasteiger partial charge is 0.401 e. The summed E-state index contributed by atoms with van der Waals surface area (Å²) in [6, 6.07) is 11.1. The number of alkyl halides is 3. The summed E-state index contributed by atoms with van der Waals surface area (Å²) >= 11 is 0. The lowest BCUT2D eigenvalue weighted by atomic mass is 10.0. The van der Waals surface area contributed by atoms with Gasteiger partial charge in [-0.1, -0.05) is 24.3 Å². The average Bonchev–Trinajstić information content (AvgIpc) is 3.54. The van der Waals surface area contributed by atoms with Gasteiger partial charge in [0.15, 0.2) is 0 Å². The van der Waals surface area contributed by atoms with Crippen LogP contribution in [-0.4, -0.2) is 60.5 Å². The maximum Gasteiger partial charge on any atom is 0.401 e. The quantitative estimate of drug-likeness (QED) is 0.818. The van der Waals surface area contributed by atoms with E-state index in [-0.39, 0.29) is 30.8 Å². The van der Waals surface area contributed by atoms with E-state index in [0.717, 1.165) is 23.6 Å². The highest BCUT2D eigenvalue weighted by Gasteiger charge is 2.33. The van der Waals surface area contributed by atoms with Gasteiger partial charge in [-0.3, -0.25) is 14.5 Å². The van der Waals surface area contributed by atoms with Gasteiger partial charge in [-0.15, -0.1) is 0 Å². The molecule has 1 saturated heterocycles. The minimum Gasteiger partial charge on any atom is -0.337 e. The van der Waals surface area contributed by atoms with Crippen LogP contribution in [-0.2, 0) is 4.79 Å². The smallest absolute Gasteiger partial charge is 0.337 e. The van der Waals surface area contributed by atoms with Gasteiger partial charge in [0.1, 0.15) is 0 Å². The van der Waals surface area contributed by atoms with Gasteiger partial charge in [0, 0.05) is 32.1 Å². The van der Waals surface area contributed by atoms with E-state index in [1.807, 2.05) is 24.3 Å². The molecule has 1 heterocycles. The van der Waals surface area contributed by atoms with Crippen LogP contribution in [0.4, 0.5) is 18.9 Å². The summed E-state index contributed by atoms with van der Waals surface area (Å²) in [6.07, 6.45) is -2.08. The number of carbonyl (C=O) groups is 2. The van der Waals surface area contributed by atoms with Crippen molar-refractivity contribution in [3.8, 4) is 0 Å². The van der Waals surface area contributed by atoms with Crippen molar-refractivity contribution in [2.24, 2.45) is 5.92 Å². The molecule has 1 saturated carbocycles. The van der Waals surface area contributed by atoms with E-state index in [9.17, 15) is 22.8 Å². The highest BCUT2D eigenvalue weighted by molar-refractivity contribution is 6.08. The Kier molecular flexibility index (Phi) is 5.69. The molecular formula is C22H24F3N3O2. The molecule has 30 heavy (non-hydrogen) atoms. The van der Waals surface area contributed by atoms with Gasteiger partial charge in [0.05, 0.1) is 17.8 Å². The molecule has 0 radical (unpaired) electrons. The molecule has 0 atom stereocenters. The molecule has 1 aliphatic heterocycles. The predicted octanol–water partition coefficient (Wildman–Crippen LogP) is 3.90. The molecule has 2 aromatic carbocycles. The Balaban J connectivity index is 1.57. The highest BCUT2D eigenvalue weighted by atomic mass is 19.4. The van der Waals surface area contributed by atoms with Gasteiger partial charge in [0.25, 0.3) is 5.91 Å². The fraction of sp³-hybridized carbons (Fsp3) is 0.455. The number of nitrogens with zero attached hydrogens (tertiary/aromatic N) is 2. The summed E-state index contributed by atoms with van der Waals surface area (Å²) in [5, 5.41) is 4.68. The Labute approximate surface area is 172 Å². The summed E-state index contributed by atoms with van der Waals surface area (Å²) < 4.78 is 38.2. The first-order chi connectivity index (χ1) is 14.3. The normalized spacial score (nSPS) is 18.3. The Morgan fingerprint density at radius 3 is 2.37 bits per heavy atom. The number of hydrogen-bond acceptors (Lipinski definition) is 3. The second-order valence-corrected chi connectivity index (χ2v) is 8.05. The van der Waals surface area contributed by atoms with E-state index in [1.54, 1.807) is 17.0 Å². The summed E-state index contributed by atoms with van der Waals surface area (Å²) in [5.41, 5.74) is 0.846. The lowest BCUT2D eigenvalue weighted by Crippen LogP contribution is -2.38. The third-order valence-corrected chi connectivity index (χ3v) is 5.60.